The highest BCUT2D eigenvalue weighted by Crippen LogP contribution is 2.32. The fourth-order valence-electron chi connectivity index (χ4n) is 2.10. The summed E-state index contributed by atoms with van der Waals surface area (Å²) in [6.45, 7) is 6.73. The van der Waals surface area contributed by atoms with Crippen LogP contribution < -0.4 is 14.8 Å². The van der Waals surface area contributed by atoms with Crippen LogP contribution in [0.2, 0.25) is 0 Å². The standard InChI is InChI=1S/C19H21Br2NO3/c1-12(2)10-24-16-6-4-15(5-7-16)22-18(23)11-25-19-13(3)8-14(20)9-17(19)21/h4-9,12H,10-11H2,1-3H3,(H,22,23). The predicted octanol–water partition coefficient (Wildman–Crippen LogP) is 5.57. The molecule has 0 aromatic heterocycles. The zero-order chi connectivity index (χ0) is 18.4. The molecule has 2 aromatic rings. The van der Waals surface area contributed by atoms with Crippen molar-refractivity contribution in [3.05, 3.63) is 50.9 Å². The third-order valence-corrected chi connectivity index (χ3v) is 4.31. The van der Waals surface area contributed by atoms with Gasteiger partial charge >= 0.3 is 0 Å². The van der Waals surface area contributed by atoms with Gasteiger partial charge in [-0.25, -0.2) is 0 Å². The van der Waals surface area contributed by atoms with E-state index in [0.29, 0.717) is 24.0 Å². The van der Waals surface area contributed by atoms with Gasteiger partial charge in [-0.15, -0.1) is 0 Å². The van der Waals surface area contributed by atoms with Gasteiger partial charge in [-0.2, -0.15) is 0 Å². The van der Waals surface area contributed by atoms with Crippen LogP contribution in [0.25, 0.3) is 0 Å². The van der Waals surface area contributed by atoms with E-state index in [9.17, 15) is 4.79 Å². The van der Waals surface area contributed by atoms with E-state index in [-0.39, 0.29) is 12.5 Å². The first kappa shape index (κ1) is 19.8. The third kappa shape index (κ3) is 6.36. The second-order valence-electron chi connectivity index (χ2n) is 6.10. The number of aryl methyl sites for hydroxylation is 1. The molecular weight excluding hydrogens is 450 g/mol. The molecule has 2 rings (SSSR count). The molecule has 0 atom stereocenters. The Bertz CT molecular complexity index is 707. The summed E-state index contributed by atoms with van der Waals surface area (Å²) < 4.78 is 13.0. The number of hydrogen-bond donors (Lipinski definition) is 1. The molecule has 0 bridgehead atoms. The van der Waals surface area contributed by atoms with Crippen LogP contribution in [0, 0.1) is 12.8 Å². The van der Waals surface area contributed by atoms with Gasteiger partial charge in [0.1, 0.15) is 11.5 Å². The second-order valence-corrected chi connectivity index (χ2v) is 7.87. The predicted molar refractivity (Wildman–Crippen MR) is 107 cm³/mol. The van der Waals surface area contributed by atoms with E-state index in [1.807, 2.05) is 43.3 Å². The molecule has 0 unspecified atom stereocenters. The molecule has 0 aliphatic carbocycles. The molecule has 0 fully saturated rings. The van der Waals surface area contributed by atoms with E-state index in [1.165, 1.54) is 0 Å². The molecule has 0 aliphatic heterocycles. The first-order valence-electron chi connectivity index (χ1n) is 7.96. The number of nitrogens with one attached hydrogen (secondary N) is 1. The lowest BCUT2D eigenvalue weighted by molar-refractivity contribution is -0.118. The zero-order valence-electron chi connectivity index (χ0n) is 14.4. The van der Waals surface area contributed by atoms with Gasteiger partial charge in [0, 0.05) is 10.2 Å². The lowest BCUT2D eigenvalue weighted by atomic mass is 10.2. The van der Waals surface area contributed by atoms with E-state index in [4.69, 9.17) is 9.47 Å². The number of benzene rings is 2. The second kappa shape index (κ2) is 9.25. The minimum atomic E-state index is -0.218. The number of carbonyl (C=O) groups excluding carboxylic acids is 1. The van der Waals surface area contributed by atoms with Crippen LogP contribution in [-0.2, 0) is 4.79 Å². The largest absolute Gasteiger partial charge is 0.493 e. The van der Waals surface area contributed by atoms with Gasteiger partial charge in [0.2, 0.25) is 0 Å². The minimum absolute atomic E-state index is 0.0628. The van der Waals surface area contributed by atoms with Crippen molar-refractivity contribution >= 4 is 43.5 Å². The van der Waals surface area contributed by atoms with Gasteiger partial charge in [0.15, 0.2) is 6.61 Å². The van der Waals surface area contributed by atoms with Crippen LogP contribution in [0.15, 0.2) is 45.3 Å². The molecule has 4 nitrogen and oxygen atoms in total. The monoisotopic (exact) mass is 469 g/mol. The van der Waals surface area contributed by atoms with Gasteiger partial charge in [-0.1, -0.05) is 29.8 Å². The molecule has 6 heteroatoms. The Kier molecular flexibility index (Phi) is 7.32. The quantitative estimate of drug-likeness (QED) is 0.575. The van der Waals surface area contributed by atoms with Gasteiger partial charge in [-0.05, 0) is 70.7 Å². The lowest BCUT2D eigenvalue weighted by Gasteiger charge is -2.12. The molecule has 0 saturated carbocycles. The number of rotatable bonds is 7. The fraction of sp³-hybridized carbons (Fsp3) is 0.316. The van der Waals surface area contributed by atoms with Crippen molar-refractivity contribution in [3.63, 3.8) is 0 Å². The van der Waals surface area contributed by atoms with Gasteiger partial charge < -0.3 is 14.8 Å². The van der Waals surface area contributed by atoms with Gasteiger partial charge in [0.05, 0.1) is 11.1 Å². The van der Waals surface area contributed by atoms with Crippen molar-refractivity contribution in [1.29, 1.82) is 0 Å². The van der Waals surface area contributed by atoms with E-state index in [1.54, 1.807) is 0 Å². The van der Waals surface area contributed by atoms with Crippen LogP contribution in [0.1, 0.15) is 19.4 Å². The van der Waals surface area contributed by atoms with E-state index < -0.39 is 0 Å². The van der Waals surface area contributed by atoms with Gasteiger partial charge in [0.25, 0.3) is 5.91 Å². The summed E-state index contributed by atoms with van der Waals surface area (Å²) in [7, 11) is 0. The molecule has 1 N–H and O–H groups in total. The maximum Gasteiger partial charge on any atom is 0.262 e. The number of anilines is 1. The van der Waals surface area contributed by atoms with Gasteiger partial charge in [-0.3, -0.25) is 4.79 Å². The van der Waals surface area contributed by atoms with E-state index >= 15 is 0 Å². The molecular formula is C19H21Br2NO3. The Hall–Kier alpha value is -1.53. The van der Waals surface area contributed by atoms with Crippen molar-refractivity contribution < 1.29 is 14.3 Å². The van der Waals surface area contributed by atoms with Crippen LogP contribution in [-0.4, -0.2) is 19.1 Å². The molecule has 0 spiro atoms. The number of hydrogen-bond acceptors (Lipinski definition) is 3. The number of amides is 1. The highest BCUT2D eigenvalue weighted by atomic mass is 79.9. The Morgan fingerprint density at radius 2 is 1.80 bits per heavy atom. The Balaban J connectivity index is 1.88. The average molecular weight is 471 g/mol. The van der Waals surface area contributed by atoms with Crippen molar-refractivity contribution in [2.24, 2.45) is 5.92 Å². The summed E-state index contributed by atoms with van der Waals surface area (Å²) in [5, 5.41) is 2.81. The van der Waals surface area contributed by atoms with Crippen LogP contribution in [0.3, 0.4) is 0 Å². The normalized spacial score (nSPS) is 10.6. The Morgan fingerprint density at radius 1 is 1.12 bits per heavy atom. The first-order chi connectivity index (χ1) is 11.8. The molecule has 1 amide bonds. The number of carbonyl (C=O) groups is 1. The maximum atomic E-state index is 12.1. The SMILES string of the molecule is Cc1cc(Br)cc(Br)c1OCC(=O)Nc1ccc(OCC(C)C)cc1. The van der Waals surface area contributed by atoms with Crippen LogP contribution in [0.4, 0.5) is 5.69 Å². The Labute approximate surface area is 165 Å². The molecule has 0 radical (unpaired) electrons. The highest BCUT2D eigenvalue weighted by molar-refractivity contribution is 9.11. The third-order valence-electron chi connectivity index (χ3n) is 3.26. The summed E-state index contributed by atoms with van der Waals surface area (Å²) in [4.78, 5) is 12.1. The van der Waals surface area contributed by atoms with Crippen molar-refractivity contribution in [1.82, 2.24) is 0 Å². The Morgan fingerprint density at radius 3 is 2.40 bits per heavy atom. The number of halogens is 2. The summed E-state index contributed by atoms with van der Waals surface area (Å²) in [6.07, 6.45) is 0. The van der Waals surface area contributed by atoms with Crippen molar-refractivity contribution in [2.75, 3.05) is 18.5 Å². The summed E-state index contributed by atoms with van der Waals surface area (Å²) in [6, 6.07) is 11.1. The molecule has 0 heterocycles. The molecule has 25 heavy (non-hydrogen) atoms. The summed E-state index contributed by atoms with van der Waals surface area (Å²) >= 11 is 6.87. The van der Waals surface area contributed by atoms with Crippen LogP contribution >= 0.6 is 31.9 Å². The molecule has 2 aromatic carbocycles. The van der Waals surface area contributed by atoms with E-state index in [2.05, 4.69) is 51.0 Å². The lowest BCUT2D eigenvalue weighted by Crippen LogP contribution is -2.20. The summed E-state index contributed by atoms with van der Waals surface area (Å²) in [5.41, 5.74) is 1.65. The van der Waals surface area contributed by atoms with Crippen LogP contribution in [0.5, 0.6) is 11.5 Å². The zero-order valence-corrected chi connectivity index (χ0v) is 17.6. The minimum Gasteiger partial charge on any atom is -0.493 e. The molecule has 0 aliphatic rings. The molecule has 134 valence electrons. The maximum absolute atomic E-state index is 12.1. The topological polar surface area (TPSA) is 47.6 Å². The smallest absolute Gasteiger partial charge is 0.262 e. The first-order valence-corrected chi connectivity index (χ1v) is 9.55. The number of ether oxygens (including phenoxy) is 2. The van der Waals surface area contributed by atoms with E-state index in [0.717, 1.165) is 20.3 Å². The fourth-order valence-corrected chi connectivity index (χ4v) is 3.66. The average Bonchev–Trinajstić information content (AvgIpc) is 2.53. The highest BCUT2D eigenvalue weighted by Gasteiger charge is 2.10. The van der Waals surface area contributed by atoms with Crippen molar-refractivity contribution in [2.45, 2.75) is 20.8 Å². The molecule has 0 saturated heterocycles. The van der Waals surface area contributed by atoms with Crippen molar-refractivity contribution in [3.8, 4) is 11.5 Å². The summed E-state index contributed by atoms with van der Waals surface area (Å²) in [5.74, 6) is 1.70.